The maximum atomic E-state index is 12.3. The number of fused-ring (bicyclic) bond motifs is 1. The van der Waals surface area contributed by atoms with Crippen LogP contribution in [0.25, 0.3) is 16.7 Å². The lowest BCUT2D eigenvalue weighted by Crippen LogP contribution is -2.71. The summed E-state index contributed by atoms with van der Waals surface area (Å²) in [6.07, 6.45) is -1.22. The fraction of sp³-hybridized carbons (Fsp3) is 0.333. The number of hydrogen-bond acceptors (Lipinski definition) is 5. The molecule has 1 spiro atoms. The lowest BCUT2D eigenvalue weighted by atomic mass is 9.74. The van der Waals surface area contributed by atoms with Gasteiger partial charge in [0.2, 0.25) is 0 Å². The van der Waals surface area contributed by atoms with Crippen LogP contribution in [0.2, 0.25) is 0 Å². The second-order valence-electron chi connectivity index (χ2n) is 7.13. The van der Waals surface area contributed by atoms with E-state index in [1.807, 2.05) is 6.07 Å². The number of nitrogens with one attached hydrogen (secondary N) is 1. The van der Waals surface area contributed by atoms with Crippen molar-refractivity contribution in [3.05, 3.63) is 42.7 Å². The number of alkyl halides is 3. The number of benzene rings is 1. The number of ether oxygens (including phenoxy) is 1. The van der Waals surface area contributed by atoms with E-state index < -0.39 is 6.36 Å². The molecule has 2 aliphatic rings. The van der Waals surface area contributed by atoms with Gasteiger partial charge in [0.15, 0.2) is 5.65 Å². The minimum atomic E-state index is -4.71. The molecule has 0 atom stereocenters. The Hall–Kier alpha value is -2.81. The van der Waals surface area contributed by atoms with Crippen molar-refractivity contribution in [3.8, 4) is 11.4 Å². The fourth-order valence-electron chi connectivity index (χ4n) is 3.80. The van der Waals surface area contributed by atoms with Crippen LogP contribution in [-0.4, -0.2) is 47.3 Å². The van der Waals surface area contributed by atoms with Gasteiger partial charge in [-0.15, -0.1) is 13.2 Å². The predicted molar refractivity (Wildman–Crippen MR) is 93.1 cm³/mol. The smallest absolute Gasteiger partial charge is 0.406 e. The molecule has 0 radical (unpaired) electrons. The molecule has 2 aliphatic heterocycles. The molecule has 5 rings (SSSR count). The molecule has 2 fully saturated rings. The van der Waals surface area contributed by atoms with E-state index in [-0.39, 0.29) is 5.75 Å². The fourth-order valence-corrected chi connectivity index (χ4v) is 3.80. The SMILES string of the molecule is FC(F)(F)Oc1ccc(-n2ncc3c(N4CC5(CNC5)C4)ccnc32)cc1. The Morgan fingerprint density at radius 3 is 2.44 bits per heavy atom. The van der Waals surface area contributed by atoms with Crippen LogP contribution < -0.4 is 15.0 Å². The van der Waals surface area contributed by atoms with Gasteiger partial charge in [-0.2, -0.15) is 5.10 Å². The monoisotopic (exact) mass is 375 g/mol. The molecular weight excluding hydrogens is 359 g/mol. The number of rotatable bonds is 3. The Morgan fingerprint density at radius 2 is 1.81 bits per heavy atom. The molecule has 27 heavy (non-hydrogen) atoms. The van der Waals surface area contributed by atoms with Crippen molar-refractivity contribution in [2.75, 3.05) is 31.1 Å². The molecule has 0 saturated carbocycles. The van der Waals surface area contributed by atoms with Crippen LogP contribution in [0.3, 0.4) is 0 Å². The van der Waals surface area contributed by atoms with Gasteiger partial charge in [-0.3, -0.25) is 0 Å². The summed E-state index contributed by atoms with van der Waals surface area (Å²) >= 11 is 0. The predicted octanol–water partition coefficient (Wildman–Crippen LogP) is 2.73. The number of nitrogens with zero attached hydrogens (tertiary/aromatic N) is 4. The van der Waals surface area contributed by atoms with Crippen LogP contribution >= 0.6 is 0 Å². The van der Waals surface area contributed by atoms with E-state index in [2.05, 4.69) is 25.0 Å². The van der Waals surface area contributed by atoms with Crippen molar-refractivity contribution in [2.24, 2.45) is 5.41 Å². The van der Waals surface area contributed by atoms with Gasteiger partial charge in [-0.1, -0.05) is 0 Å². The Labute approximate surface area is 152 Å². The third-order valence-corrected chi connectivity index (χ3v) is 5.16. The highest BCUT2D eigenvalue weighted by molar-refractivity contribution is 5.90. The molecule has 2 saturated heterocycles. The van der Waals surface area contributed by atoms with Crippen LogP contribution in [0.4, 0.5) is 18.9 Å². The van der Waals surface area contributed by atoms with E-state index in [9.17, 15) is 13.2 Å². The van der Waals surface area contributed by atoms with Gasteiger partial charge < -0.3 is 15.0 Å². The van der Waals surface area contributed by atoms with Gasteiger partial charge >= 0.3 is 6.36 Å². The zero-order chi connectivity index (χ0) is 18.6. The van der Waals surface area contributed by atoms with Crippen LogP contribution in [0.15, 0.2) is 42.7 Å². The molecule has 2 aromatic heterocycles. The quantitative estimate of drug-likeness (QED) is 0.763. The maximum absolute atomic E-state index is 12.3. The number of anilines is 1. The average Bonchev–Trinajstić information content (AvgIpc) is 2.96. The van der Waals surface area contributed by atoms with Crippen LogP contribution in [0.5, 0.6) is 5.75 Å². The molecule has 1 N–H and O–H groups in total. The molecule has 1 aromatic carbocycles. The topological polar surface area (TPSA) is 55.2 Å². The highest BCUT2D eigenvalue weighted by atomic mass is 19.4. The lowest BCUT2D eigenvalue weighted by molar-refractivity contribution is -0.274. The Kier molecular flexibility index (Phi) is 3.39. The summed E-state index contributed by atoms with van der Waals surface area (Å²) in [5, 5.41) is 8.64. The van der Waals surface area contributed by atoms with E-state index in [4.69, 9.17) is 0 Å². The number of hydrogen-bond donors (Lipinski definition) is 1. The first-order chi connectivity index (χ1) is 12.9. The Morgan fingerprint density at radius 1 is 1.07 bits per heavy atom. The molecule has 3 aromatic rings. The largest absolute Gasteiger partial charge is 0.573 e. The number of aromatic nitrogens is 3. The first kappa shape index (κ1) is 16.4. The van der Waals surface area contributed by atoms with Gasteiger partial charge in [0.1, 0.15) is 5.75 Å². The van der Waals surface area contributed by atoms with E-state index in [0.29, 0.717) is 16.7 Å². The zero-order valence-corrected chi connectivity index (χ0v) is 14.2. The number of pyridine rings is 1. The van der Waals surface area contributed by atoms with Crippen molar-refractivity contribution in [1.29, 1.82) is 0 Å². The van der Waals surface area contributed by atoms with Gasteiger partial charge in [-0.05, 0) is 30.3 Å². The molecule has 4 heterocycles. The summed E-state index contributed by atoms with van der Waals surface area (Å²) in [6, 6.07) is 7.57. The van der Waals surface area contributed by atoms with Gasteiger partial charge in [-0.25, -0.2) is 9.67 Å². The Balaban J connectivity index is 1.44. The summed E-state index contributed by atoms with van der Waals surface area (Å²) in [5.41, 5.74) is 2.78. The standard InChI is InChI=1S/C18H16F3N5O/c19-18(20,21)27-13-3-1-12(2-4-13)26-16-14(7-24-26)15(5-6-23-16)25-10-17(11-25)8-22-9-17/h1-7,22H,8-11H2. The number of halogens is 3. The zero-order valence-electron chi connectivity index (χ0n) is 14.2. The van der Waals surface area contributed by atoms with Gasteiger partial charge in [0.05, 0.1) is 23.0 Å². The summed E-state index contributed by atoms with van der Waals surface area (Å²) in [4.78, 5) is 6.74. The minimum absolute atomic E-state index is 0.267. The van der Waals surface area contributed by atoms with Gasteiger partial charge in [0.25, 0.3) is 0 Å². The first-order valence-corrected chi connectivity index (χ1v) is 8.57. The van der Waals surface area contributed by atoms with Gasteiger partial charge in [0, 0.05) is 37.8 Å². The second-order valence-corrected chi connectivity index (χ2v) is 7.13. The molecule has 0 aliphatic carbocycles. The molecular formula is C18H16F3N5O. The van der Waals surface area contributed by atoms with Crippen molar-refractivity contribution in [2.45, 2.75) is 6.36 Å². The van der Waals surface area contributed by atoms with E-state index in [1.54, 1.807) is 17.1 Å². The van der Waals surface area contributed by atoms with Crippen molar-refractivity contribution in [3.63, 3.8) is 0 Å². The average molecular weight is 375 g/mol. The highest BCUT2D eigenvalue weighted by Crippen LogP contribution is 2.39. The van der Waals surface area contributed by atoms with Crippen LogP contribution in [-0.2, 0) is 0 Å². The third-order valence-electron chi connectivity index (χ3n) is 5.16. The molecule has 9 heteroatoms. The van der Waals surface area contributed by atoms with Crippen molar-refractivity contribution < 1.29 is 17.9 Å². The van der Waals surface area contributed by atoms with Crippen molar-refractivity contribution in [1.82, 2.24) is 20.1 Å². The highest BCUT2D eigenvalue weighted by Gasteiger charge is 2.47. The summed E-state index contributed by atoms with van der Waals surface area (Å²) in [7, 11) is 0. The summed E-state index contributed by atoms with van der Waals surface area (Å²) in [6.45, 7) is 4.13. The minimum Gasteiger partial charge on any atom is -0.406 e. The van der Waals surface area contributed by atoms with Crippen LogP contribution in [0.1, 0.15) is 0 Å². The van der Waals surface area contributed by atoms with E-state index in [0.717, 1.165) is 37.3 Å². The second kappa shape index (κ2) is 5.59. The maximum Gasteiger partial charge on any atom is 0.573 e. The normalized spacial score (nSPS) is 18.4. The van der Waals surface area contributed by atoms with Crippen LogP contribution in [0, 0.1) is 5.41 Å². The molecule has 140 valence electrons. The first-order valence-electron chi connectivity index (χ1n) is 8.57. The van der Waals surface area contributed by atoms with E-state index >= 15 is 0 Å². The van der Waals surface area contributed by atoms with Crippen molar-refractivity contribution >= 4 is 16.7 Å². The Bertz CT molecular complexity index is 986. The van der Waals surface area contributed by atoms with E-state index in [1.165, 1.54) is 24.3 Å². The molecule has 0 unspecified atom stereocenters. The third kappa shape index (κ3) is 2.78. The molecule has 6 nitrogen and oxygen atoms in total. The lowest BCUT2D eigenvalue weighted by Gasteiger charge is -2.57. The molecule has 0 bridgehead atoms. The summed E-state index contributed by atoms with van der Waals surface area (Å²) in [5.74, 6) is -0.267. The summed E-state index contributed by atoms with van der Waals surface area (Å²) < 4.78 is 42.5. The molecule has 0 amide bonds.